The number of piperidine rings is 2. The van der Waals surface area contributed by atoms with E-state index in [1.807, 2.05) is 59.5 Å². The van der Waals surface area contributed by atoms with Gasteiger partial charge < -0.3 is 24.4 Å². The Kier molecular flexibility index (Phi) is 7.23. The molecule has 2 fully saturated rings. The summed E-state index contributed by atoms with van der Waals surface area (Å²) in [6.07, 6.45) is 5.93. The van der Waals surface area contributed by atoms with E-state index in [4.69, 9.17) is 4.42 Å². The first-order chi connectivity index (χ1) is 21.4. The van der Waals surface area contributed by atoms with Crippen LogP contribution in [0.4, 0.5) is 6.01 Å². The highest BCUT2D eigenvalue weighted by atomic mass is 16.4. The summed E-state index contributed by atoms with van der Waals surface area (Å²) < 4.78 is 8.81. The standard InChI is InChI=1S/C32H33N7O5/c40-25-10-14-37(15-11-25)31-33-19-27(44-31)30(42)36-16-12-32(43,13-17-36)20-38-21-34-28-26(29(38)41)18-35-39(28)24-8-6-23(7-9-24)22-4-2-1-3-5-22/h1-9,18-19,21,25,40,43H,10-17,20H2. The lowest BCUT2D eigenvalue weighted by Crippen LogP contribution is -2.49. The molecule has 2 saturated heterocycles. The van der Waals surface area contributed by atoms with Crippen molar-refractivity contribution in [2.45, 2.75) is 43.9 Å². The molecule has 44 heavy (non-hydrogen) atoms. The van der Waals surface area contributed by atoms with Crippen molar-refractivity contribution in [3.05, 3.63) is 89.4 Å². The molecule has 2 aliphatic rings. The summed E-state index contributed by atoms with van der Waals surface area (Å²) in [7, 11) is 0. The van der Waals surface area contributed by atoms with Crippen molar-refractivity contribution in [2.24, 2.45) is 0 Å². The molecule has 12 heteroatoms. The third-order valence-corrected chi connectivity index (χ3v) is 8.66. The predicted octanol–water partition coefficient (Wildman–Crippen LogP) is 2.87. The van der Waals surface area contributed by atoms with E-state index in [1.54, 1.807) is 9.58 Å². The molecule has 2 N–H and O–H groups in total. The van der Waals surface area contributed by atoms with Crippen LogP contribution in [-0.2, 0) is 6.54 Å². The first-order valence-electron chi connectivity index (χ1n) is 14.9. The Bertz CT molecular complexity index is 1830. The first-order valence-corrected chi connectivity index (χ1v) is 14.9. The number of aliphatic hydroxyl groups excluding tert-OH is 1. The molecular formula is C32H33N7O5. The topological polar surface area (TPSA) is 143 Å². The van der Waals surface area contributed by atoms with E-state index < -0.39 is 5.60 Å². The molecule has 5 aromatic rings. The normalized spacial score (nSPS) is 17.3. The molecule has 0 radical (unpaired) electrons. The van der Waals surface area contributed by atoms with Crippen LogP contribution in [0, 0.1) is 0 Å². The number of nitrogens with zero attached hydrogens (tertiary/aromatic N) is 7. The molecule has 0 unspecified atom stereocenters. The van der Waals surface area contributed by atoms with E-state index in [0.717, 1.165) is 16.8 Å². The second-order valence-corrected chi connectivity index (χ2v) is 11.6. The van der Waals surface area contributed by atoms with Crippen LogP contribution in [0.2, 0.25) is 0 Å². The molecule has 5 heterocycles. The zero-order chi connectivity index (χ0) is 30.3. The molecule has 3 aromatic heterocycles. The molecule has 1 amide bonds. The zero-order valence-electron chi connectivity index (χ0n) is 24.1. The number of benzene rings is 2. The van der Waals surface area contributed by atoms with Gasteiger partial charge in [0, 0.05) is 26.2 Å². The Morgan fingerprint density at radius 3 is 2.36 bits per heavy atom. The molecule has 0 atom stereocenters. The summed E-state index contributed by atoms with van der Waals surface area (Å²) in [6, 6.07) is 18.4. The summed E-state index contributed by atoms with van der Waals surface area (Å²) in [5.41, 5.74) is 1.95. The van der Waals surface area contributed by atoms with Gasteiger partial charge in [0.15, 0.2) is 5.65 Å². The number of hydrogen-bond donors (Lipinski definition) is 2. The first kappa shape index (κ1) is 28.0. The summed E-state index contributed by atoms with van der Waals surface area (Å²) in [6.45, 7) is 1.91. The van der Waals surface area contributed by atoms with Gasteiger partial charge in [-0.25, -0.2) is 14.6 Å². The van der Waals surface area contributed by atoms with Crippen LogP contribution in [-0.4, -0.2) is 83.2 Å². The number of likely N-dealkylation sites (tertiary alicyclic amines) is 1. The van der Waals surface area contributed by atoms with Gasteiger partial charge in [-0.05, 0) is 48.9 Å². The number of rotatable bonds is 6. The van der Waals surface area contributed by atoms with Gasteiger partial charge in [-0.15, -0.1) is 0 Å². The molecule has 0 spiro atoms. The van der Waals surface area contributed by atoms with Gasteiger partial charge in [-0.3, -0.25) is 14.2 Å². The number of oxazole rings is 1. The molecule has 226 valence electrons. The lowest BCUT2D eigenvalue weighted by molar-refractivity contribution is -0.0304. The Balaban J connectivity index is 1.01. The number of amides is 1. The molecule has 0 bridgehead atoms. The lowest BCUT2D eigenvalue weighted by atomic mass is 9.91. The maximum absolute atomic E-state index is 13.4. The maximum atomic E-state index is 13.4. The van der Waals surface area contributed by atoms with E-state index in [1.165, 1.54) is 23.3 Å². The lowest BCUT2D eigenvalue weighted by Gasteiger charge is -2.38. The molecule has 0 aliphatic carbocycles. The van der Waals surface area contributed by atoms with Crippen LogP contribution in [0.15, 0.2) is 82.5 Å². The van der Waals surface area contributed by atoms with Crippen LogP contribution >= 0.6 is 0 Å². The highest BCUT2D eigenvalue weighted by molar-refractivity contribution is 5.91. The fourth-order valence-corrected chi connectivity index (χ4v) is 6.00. The summed E-state index contributed by atoms with van der Waals surface area (Å²) in [5, 5.41) is 25.9. The minimum absolute atomic E-state index is 0.0566. The Morgan fingerprint density at radius 1 is 0.932 bits per heavy atom. The minimum atomic E-state index is -1.18. The fraction of sp³-hybridized carbons (Fsp3) is 0.344. The van der Waals surface area contributed by atoms with Crippen LogP contribution in [0.3, 0.4) is 0 Å². The smallest absolute Gasteiger partial charge is 0.297 e. The van der Waals surface area contributed by atoms with Crippen molar-refractivity contribution in [1.29, 1.82) is 0 Å². The van der Waals surface area contributed by atoms with Gasteiger partial charge in [-0.2, -0.15) is 5.10 Å². The number of aromatic nitrogens is 5. The number of aliphatic hydroxyl groups is 2. The van der Waals surface area contributed by atoms with Crippen molar-refractivity contribution in [3.8, 4) is 16.8 Å². The van der Waals surface area contributed by atoms with E-state index in [9.17, 15) is 19.8 Å². The Labute approximate surface area is 252 Å². The van der Waals surface area contributed by atoms with Gasteiger partial charge in [0.25, 0.3) is 17.5 Å². The minimum Gasteiger partial charge on any atom is -0.418 e. The maximum Gasteiger partial charge on any atom is 0.297 e. The Hall–Kier alpha value is -4.81. The third kappa shape index (κ3) is 5.38. The van der Waals surface area contributed by atoms with Crippen molar-refractivity contribution in [3.63, 3.8) is 0 Å². The van der Waals surface area contributed by atoms with Crippen molar-refractivity contribution >= 4 is 23.0 Å². The zero-order valence-corrected chi connectivity index (χ0v) is 24.1. The largest absolute Gasteiger partial charge is 0.418 e. The quantitative estimate of drug-likeness (QED) is 0.303. The molecule has 0 saturated carbocycles. The van der Waals surface area contributed by atoms with Crippen LogP contribution < -0.4 is 10.5 Å². The van der Waals surface area contributed by atoms with Crippen LogP contribution in [0.1, 0.15) is 36.2 Å². The van der Waals surface area contributed by atoms with Crippen LogP contribution in [0.25, 0.3) is 27.8 Å². The summed E-state index contributed by atoms with van der Waals surface area (Å²) in [5.74, 6) is -0.138. The summed E-state index contributed by atoms with van der Waals surface area (Å²) in [4.78, 5) is 38.9. The van der Waals surface area contributed by atoms with Crippen molar-refractivity contribution in [1.82, 2.24) is 29.2 Å². The second kappa shape index (κ2) is 11.4. The van der Waals surface area contributed by atoms with Gasteiger partial charge in [0.1, 0.15) is 11.7 Å². The SMILES string of the molecule is O=C(c1cnc(N2CCC(O)CC2)o1)N1CCC(O)(Cn2cnc3c(cnn3-c3ccc(-c4ccccc4)cc3)c2=O)CC1. The molecule has 12 nitrogen and oxygen atoms in total. The number of carbonyl (C=O) groups is 1. The highest BCUT2D eigenvalue weighted by Crippen LogP contribution is 2.27. The van der Waals surface area contributed by atoms with Crippen molar-refractivity contribution in [2.75, 3.05) is 31.1 Å². The number of fused-ring (bicyclic) bond motifs is 1. The van der Waals surface area contributed by atoms with Crippen molar-refractivity contribution < 1.29 is 19.4 Å². The monoisotopic (exact) mass is 595 g/mol. The van der Waals surface area contributed by atoms with E-state index in [-0.39, 0.29) is 29.9 Å². The van der Waals surface area contributed by atoms with Crippen LogP contribution in [0.5, 0.6) is 0 Å². The molecular weight excluding hydrogens is 562 g/mol. The molecule has 2 aromatic carbocycles. The number of anilines is 1. The predicted molar refractivity (Wildman–Crippen MR) is 163 cm³/mol. The summed E-state index contributed by atoms with van der Waals surface area (Å²) >= 11 is 0. The second-order valence-electron chi connectivity index (χ2n) is 11.6. The van der Waals surface area contributed by atoms with Gasteiger partial charge >= 0.3 is 0 Å². The van der Waals surface area contributed by atoms with Gasteiger partial charge in [-0.1, -0.05) is 42.5 Å². The third-order valence-electron chi connectivity index (χ3n) is 8.66. The Morgan fingerprint density at radius 2 is 1.64 bits per heavy atom. The van der Waals surface area contributed by atoms with E-state index in [2.05, 4.69) is 15.1 Å². The van der Waals surface area contributed by atoms with Gasteiger partial charge in [0.05, 0.1) is 36.3 Å². The average molecular weight is 596 g/mol. The number of carbonyl (C=O) groups excluding carboxylic acids is 1. The highest BCUT2D eigenvalue weighted by Gasteiger charge is 2.36. The van der Waals surface area contributed by atoms with E-state index >= 15 is 0 Å². The number of hydrogen-bond acceptors (Lipinski definition) is 9. The fourth-order valence-electron chi connectivity index (χ4n) is 6.00. The van der Waals surface area contributed by atoms with Gasteiger partial charge in [0.2, 0.25) is 5.76 Å². The molecule has 2 aliphatic heterocycles. The average Bonchev–Trinajstić information content (AvgIpc) is 3.72. The van der Waals surface area contributed by atoms with E-state index in [0.29, 0.717) is 68.9 Å². The molecule has 7 rings (SSSR count).